The number of nitrogens with two attached hydrogens (primary N) is 2. The van der Waals surface area contributed by atoms with Crippen LogP contribution in [0.5, 0.6) is 0 Å². The van der Waals surface area contributed by atoms with Crippen LogP contribution < -0.4 is 21.3 Å². The first-order chi connectivity index (χ1) is 18.4. The van der Waals surface area contributed by atoms with Gasteiger partial charge in [0, 0.05) is 53.9 Å². The molecule has 2 aromatic carbocycles. The molecule has 1 atom stereocenters. The summed E-state index contributed by atoms with van der Waals surface area (Å²) in [6.45, 7) is 2.87. The third-order valence-corrected chi connectivity index (χ3v) is 9.32. The van der Waals surface area contributed by atoms with Crippen molar-refractivity contribution >= 4 is 58.2 Å². The van der Waals surface area contributed by atoms with Gasteiger partial charge in [-0.2, -0.15) is 0 Å². The standard InChI is InChI=1S/C28H36Cl2N6OS/c29-22-15-20(23(30)14-19(22)6-2-1-5-11-33-28(31)32)16-34-18-38-17-26(34)27(37)36-13-12-35(21-9-10-21)24-7-3-4-8-25(24)36/h3-4,7-8,14-15,21,26H,1-2,5-6,9-13,16-18H2,(H4,31,32,33)/t26-/m0/s1. The number of hydrogen-bond donors (Lipinski definition) is 2. The van der Waals surface area contributed by atoms with Crippen molar-refractivity contribution in [2.75, 3.05) is 41.1 Å². The lowest BCUT2D eigenvalue weighted by Gasteiger charge is -2.39. The molecule has 7 nitrogen and oxygen atoms in total. The van der Waals surface area contributed by atoms with Gasteiger partial charge in [0.05, 0.1) is 17.4 Å². The predicted octanol–water partition coefficient (Wildman–Crippen LogP) is 4.87. The third-order valence-electron chi connectivity index (χ3n) is 7.55. The molecule has 0 spiro atoms. The zero-order valence-corrected chi connectivity index (χ0v) is 23.9. The fourth-order valence-corrected chi connectivity index (χ4v) is 7.11. The number of rotatable bonds is 10. The number of carbonyl (C=O) groups is 1. The maximum Gasteiger partial charge on any atom is 0.245 e. The Kier molecular flexibility index (Phi) is 8.93. The van der Waals surface area contributed by atoms with E-state index in [0.717, 1.165) is 72.2 Å². The number of carbonyl (C=O) groups excluding carboxylic acids is 1. The zero-order valence-electron chi connectivity index (χ0n) is 21.6. The Morgan fingerprint density at radius 1 is 1.00 bits per heavy atom. The van der Waals surface area contributed by atoms with Crippen LogP contribution in [0, 0.1) is 0 Å². The highest BCUT2D eigenvalue weighted by molar-refractivity contribution is 7.99. The molecule has 3 aliphatic rings. The smallest absolute Gasteiger partial charge is 0.245 e. The number of fused-ring (bicyclic) bond motifs is 1. The van der Waals surface area contributed by atoms with Gasteiger partial charge in [-0.25, -0.2) is 0 Å². The van der Waals surface area contributed by atoms with E-state index in [1.54, 1.807) is 11.8 Å². The van der Waals surface area contributed by atoms with Crippen LogP contribution in [0.4, 0.5) is 11.4 Å². The summed E-state index contributed by atoms with van der Waals surface area (Å²) in [6.07, 6.45) is 6.29. The average Bonchev–Trinajstić information content (AvgIpc) is 3.65. The van der Waals surface area contributed by atoms with Crippen LogP contribution in [0.25, 0.3) is 0 Å². The average molecular weight is 576 g/mol. The summed E-state index contributed by atoms with van der Waals surface area (Å²) < 4.78 is 0. The Hall–Kier alpha value is -2.13. The van der Waals surface area contributed by atoms with E-state index in [-0.39, 0.29) is 17.9 Å². The molecular formula is C28H36Cl2N6OS. The van der Waals surface area contributed by atoms with Gasteiger partial charge in [-0.15, -0.1) is 11.8 Å². The zero-order chi connectivity index (χ0) is 26.6. The molecule has 2 aliphatic heterocycles. The van der Waals surface area contributed by atoms with Crippen molar-refractivity contribution in [2.45, 2.75) is 57.2 Å². The molecule has 0 radical (unpaired) electrons. The lowest BCUT2D eigenvalue weighted by atomic mass is 10.0. The van der Waals surface area contributed by atoms with E-state index in [0.29, 0.717) is 24.2 Å². The Morgan fingerprint density at radius 2 is 1.74 bits per heavy atom. The molecule has 38 heavy (non-hydrogen) atoms. The van der Waals surface area contributed by atoms with Gasteiger partial charge in [-0.3, -0.25) is 14.7 Å². The molecule has 2 aromatic rings. The minimum absolute atomic E-state index is 0.136. The SMILES string of the molecule is NC(N)=NCCCCCc1cc(Cl)c(CN2CSC[C@H]2C(=O)N2CCN(C3CC3)c3ccccc32)cc1Cl. The number of para-hydroxylation sites is 2. The Bertz CT molecular complexity index is 1190. The largest absolute Gasteiger partial charge is 0.370 e. The topological polar surface area (TPSA) is 91.2 Å². The Balaban J connectivity index is 1.22. The molecule has 10 heteroatoms. The van der Waals surface area contributed by atoms with E-state index >= 15 is 0 Å². The number of thioether (sulfide) groups is 1. The van der Waals surface area contributed by atoms with E-state index in [2.05, 4.69) is 33.0 Å². The molecule has 1 amide bonds. The maximum absolute atomic E-state index is 13.9. The summed E-state index contributed by atoms with van der Waals surface area (Å²) in [5.41, 5.74) is 15.0. The van der Waals surface area contributed by atoms with Gasteiger partial charge in [0.2, 0.25) is 5.91 Å². The van der Waals surface area contributed by atoms with Gasteiger partial charge >= 0.3 is 0 Å². The molecule has 5 rings (SSSR count). The Morgan fingerprint density at radius 3 is 2.50 bits per heavy atom. The minimum atomic E-state index is -0.180. The Labute approximate surface area is 239 Å². The molecular weight excluding hydrogens is 539 g/mol. The summed E-state index contributed by atoms with van der Waals surface area (Å²) in [5.74, 6) is 1.90. The maximum atomic E-state index is 13.9. The van der Waals surface area contributed by atoms with Gasteiger partial charge < -0.3 is 21.3 Å². The molecule has 4 N–H and O–H groups in total. The monoisotopic (exact) mass is 574 g/mol. The highest BCUT2D eigenvalue weighted by Crippen LogP contribution is 2.41. The van der Waals surface area contributed by atoms with Gasteiger partial charge in [0.15, 0.2) is 5.96 Å². The third kappa shape index (κ3) is 6.36. The van der Waals surface area contributed by atoms with Gasteiger partial charge in [0.25, 0.3) is 0 Å². The fraction of sp³-hybridized carbons (Fsp3) is 0.500. The van der Waals surface area contributed by atoms with Crippen molar-refractivity contribution in [3.05, 3.63) is 57.6 Å². The number of unbranched alkanes of at least 4 members (excludes halogenated alkanes) is 2. The van der Waals surface area contributed by atoms with Gasteiger partial charge in [-0.05, 0) is 67.5 Å². The van der Waals surface area contributed by atoms with Crippen LogP contribution in [0.15, 0.2) is 41.4 Å². The molecule has 0 unspecified atom stereocenters. The van der Waals surface area contributed by atoms with Crippen molar-refractivity contribution in [1.82, 2.24) is 4.90 Å². The summed E-state index contributed by atoms with van der Waals surface area (Å²) in [5, 5.41) is 1.44. The van der Waals surface area contributed by atoms with Gasteiger partial charge in [-0.1, -0.05) is 41.8 Å². The number of anilines is 2. The van der Waals surface area contributed by atoms with E-state index in [1.165, 1.54) is 18.5 Å². The second-order valence-electron chi connectivity index (χ2n) is 10.3. The highest BCUT2D eigenvalue weighted by Gasteiger charge is 2.39. The van der Waals surface area contributed by atoms with Gasteiger partial charge in [0.1, 0.15) is 0 Å². The van der Waals surface area contributed by atoms with E-state index < -0.39 is 0 Å². The molecule has 2 fully saturated rings. The number of nitrogens with zero attached hydrogens (tertiary/aromatic N) is 4. The van der Waals surface area contributed by atoms with Crippen LogP contribution in [-0.4, -0.2) is 60.1 Å². The van der Waals surface area contributed by atoms with Crippen LogP contribution in [0.3, 0.4) is 0 Å². The van der Waals surface area contributed by atoms with E-state index in [4.69, 9.17) is 34.7 Å². The summed E-state index contributed by atoms with van der Waals surface area (Å²) >= 11 is 15.2. The first-order valence-corrected chi connectivity index (χ1v) is 15.3. The number of amides is 1. The molecule has 2 heterocycles. The van der Waals surface area contributed by atoms with E-state index in [9.17, 15) is 4.79 Å². The summed E-state index contributed by atoms with van der Waals surface area (Å²) in [7, 11) is 0. The molecule has 1 aliphatic carbocycles. The predicted molar refractivity (Wildman–Crippen MR) is 161 cm³/mol. The number of benzene rings is 2. The lowest BCUT2D eigenvalue weighted by molar-refractivity contribution is -0.122. The second-order valence-corrected chi connectivity index (χ2v) is 12.1. The molecule has 0 aromatic heterocycles. The molecule has 0 bridgehead atoms. The fourth-order valence-electron chi connectivity index (χ4n) is 5.39. The molecule has 1 saturated heterocycles. The first kappa shape index (κ1) is 27.4. The molecule has 204 valence electrons. The number of guanidine groups is 1. The van der Waals surface area contributed by atoms with Crippen molar-refractivity contribution in [3.63, 3.8) is 0 Å². The summed E-state index contributed by atoms with van der Waals surface area (Å²) in [6, 6.07) is 12.8. The van der Waals surface area contributed by atoms with Crippen molar-refractivity contribution in [3.8, 4) is 0 Å². The second kappa shape index (κ2) is 12.4. The summed E-state index contributed by atoms with van der Waals surface area (Å²) in [4.78, 5) is 24.6. The van der Waals surface area contributed by atoms with Crippen LogP contribution in [-0.2, 0) is 17.8 Å². The van der Waals surface area contributed by atoms with Crippen LogP contribution in [0.2, 0.25) is 10.0 Å². The highest BCUT2D eigenvalue weighted by atomic mass is 35.5. The number of aliphatic imine (C=N–C) groups is 1. The lowest BCUT2D eigenvalue weighted by Crippen LogP contribution is -2.52. The minimum Gasteiger partial charge on any atom is -0.370 e. The normalized spacial score (nSPS) is 19.5. The quantitative estimate of drug-likeness (QED) is 0.239. The first-order valence-electron chi connectivity index (χ1n) is 13.4. The van der Waals surface area contributed by atoms with Crippen molar-refractivity contribution < 1.29 is 4.79 Å². The van der Waals surface area contributed by atoms with Crippen LogP contribution >= 0.6 is 35.0 Å². The van der Waals surface area contributed by atoms with Crippen molar-refractivity contribution in [2.24, 2.45) is 16.5 Å². The number of halogens is 2. The number of aryl methyl sites for hydroxylation is 1. The number of hydrogen-bond acceptors (Lipinski definition) is 5. The van der Waals surface area contributed by atoms with E-state index in [1.807, 2.05) is 23.1 Å². The van der Waals surface area contributed by atoms with Crippen molar-refractivity contribution in [1.29, 1.82) is 0 Å². The van der Waals surface area contributed by atoms with Crippen LogP contribution in [0.1, 0.15) is 43.2 Å². The molecule has 1 saturated carbocycles.